The average Bonchev–Trinajstić information content (AvgIpc) is 2.37. The van der Waals surface area contributed by atoms with Gasteiger partial charge in [-0.2, -0.15) is 0 Å². The zero-order valence-electron chi connectivity index (χ0n) is 8.99. The molecule has 1 aliphatic rings. The molecule has 0 aromatic heterocycles. The molecule has 0 aliphatic carbocycles. The number of halogens is 2. The van der Waals surface area contributed by atoms with Crippen LogP contribution < -0.4 is 0 Å². The van der Waals surface area contributed by atoms with E-state index in [0.717, 1.165) is 0 Å². The summed E-state index contributed by atoms with van der Waals surface area (Å²) in [6.07, 6.45) is 0.367. The highest BCUT2D eigenvalue weighted by molar-refractivity contribution is 9.10. The second-order valence-corrected chi connectivity index (χ2v) is 7.62. The Bertz CT molecular complexity index is 523. The topological polar surface area (TPSA) is 54.4 Å². The Morgan fingerprint density at radius 3 is 2.65 bits per heavy atom. The summed E-state index contributed by atoms with van der Waals surface area (Å²) in [4.78, 5) is 0. The van der Waals surface area contributed by atoms with Crippen molar-refractivity contribution in [3.8, 4) is 0 Å². The molecule has 1 atom stereocenters. The average molecular weight is 323 g/mol. The third-order valence-electron chi connectivity index (χ3n) is 2.82. The van der Waals surface area contributed by atoms with Gasteiger partial charge in [-0.05, 0) is 30.2 Å². The van der Waals surface area contributed by atoms with Crippen molar-refractivity contribution >= 4 is 25.8 Å². The zero-order valence-corrected chi connectivity index (χ0v) is 11.4. The van der Waals surface area contributed by atoms with Gasteiger partial charge in [0.25, 0.3) is 0 Å². The first-order valence-electron chi connectivity index (χ1n) is 5.16. The molecule has 1 aromatic carbocycles. The van der Waals surface area contributed by atoms with Gasteiger partial charge in [0, 0.05) is 10.9 Å². The summed E-state index contributed by atoms with van der Waals surface area (Å²) in [5.41, 5.74) is -0.664. The molecular weight excluding hydrogens is 311 g/mol. The van der Waals surface area contributed by atoms with E-state index in [1.165, 1.54) is 12.1 Å². The molecule has 2 rings (SSSR count). The summed E-state index contributed by atoms with van der Waals surface area (Å²) in [5.74, 6) is -0.646. The Morgan fingerprint density at radius 2 is 2.12 bits per heavy atom. The smallest absolute Gasteiger partial charge is 0.153 e. The van der Waals surface area contributed by atoms with Crippen LogP contribution in [-0.4, -0.2) is 30.6 Å². The number of sulfone groups is 1. The van der Waals surface area contributed by atoms with Gasteiger partial charge in [-0.3, -0.25) is 0 Å². The van der Waals surface area contributed by atoms with Crippen LogP contribution in [-0.2, 0) is 16.3 Å². The van der Waals surface area contributed by atoms with Crippen molar-refractivity contribution in [2.75, 3.05) is 11.5 Å². The lowest BCUT2D eigenvalue weighted by Crippen LogP contribution is -2.32. The normalized spacial score (nSPS) is 27.2. The molecular formula is C11H12BrFO3S. The minimum atomic E-state index is -3.15. The number of hydrogen-bond acceptors (Lipinski definition) is 3. The van der Waals surface area contributed by atoms with E-state index >= 15 is 0 Å². The van der Waals surface area contributed by atoms with Crippen LogP contribution >= 0.6 is 15.9 Å². The van der Waals surface area contributed by atoms with Gasteiger partial charge in [-0.1, -0.05) is 15.9 Å². The van der Waals surface area contributed by atoms with E-state index in [9.17, 15) is 17.9 Å². The van der Waals surface area contributed by atoms with Crippen LogP contribution in [0, 0.1) is 5.82 Å². The molecule has 1 unspecified atom stereocenters. The summed E-state index contributed by atoms with van der Waals surface area (Å²) in [6, 6.07) is 4.32. The first-order chi connectivity index (χ1) is 7.78. The number of benzene rings is 1. The molecule has 0 radical (unpaired) electrons. The lowest BCUT2D eigenvalue weighted by atomic mass is 9.94. The van der Waals surface area contributed by atoms with Crippen LogP contribution in [0.15, 0.2) is 22.7 Å². The van der Waals surface area contributed by atoms with Crippen molar-refractivity contribution in [3.05, 3.63) is 34.1 Å². The van der Waals surface area contributed by atoms with Crippen molar-refractivity contribution in [3.63, 3.8) is 0 Å². The zero-order chi connectivity index (χ0) is 12.7. The Hall–Kier alpha value is -0.460. The van der Waals surface area contributed by atoms with Crippen molar-refractivity contribution in [1.82, 2.24) is 0 Å². The lowest BCUT2D eigenvalue weighted by Gasteiger charge is -2.20. The van der Waals surface area contributed by atoms with Crippen LogP contribution in [0.5, 0.6) is 0 Å². The second kappa shape index (κ2) is 4.33. The third kappa shape index (κ3) is 3.26. The van der Waals surface area contributed by atoms with Crippen molar-refractivity contribution in [2.24, 2.45) is 0 Å². The quantitative estimate of drug-likeness (QED) is 0.901. The molecule has 0 saturated carbocycles. The molecule has 6 heteroatoms. The summed E-state index contributed by atoms with van der Waals surface area (Å²) < 4.78 is 36.4. The molecule has 1 heterocycles. The monoisotopic (exact) mass is 322 g/mol. The maximum absolute atomic E-state index is 13.1. The molecule has 0 spiro atoms. The van der Waals surface area contributed by atoms with Crippen molar-refractivity contribution in [2.45, 2.75) is 18.4 Å². The van der Waals surface area contributed by atoms with Crippen LogP contribution in [0.1, 0.15) is 12.0 Å². The maximum atomic E-state index is 13.1. The predicted molar refractivity (Wildman–Crippen MR) is 66.0 cm³/mol. The Kier molecular flexibility index (Phi) is 3.31. The largest absolute Gasteiger partial charge is 0.388 e. The standard InChI is InChI=1S/C11H12BrFO3S/c12-9-3-8(4-10(13)5-9)6-11(14)1-2-17(15,16)7-11/h3-5,14H,1-2,6-7H2. The molecule has 1 fully saturated rings. The first-order valence-corrected chi connectivity index (χ1v) is 7.77. The molecule has 1 aliphatic heterocycles. The van der Waals surface area contributed by atoms with E-state index in [4.69, 9.17) is 0 Å². The Morgan fingerprint density at radius 1 is 1.41 bits per heavy atom. The van der Waals surface area contributed by atoms with Gasteiger partial charge in [0.1, 0.15) is 5.82 Å². The maximum Gasteiger partial charge on any atom is 0.153 e. The van der Waals surface area contributed by atoms with Crippen molar-refractivity contribution < 1.29 is 17.9 Å². The van der Waals surface area contributed by atoms with Gasteiger partial charge in [0.15, 0.2) is 9.84 Å². The van der Waals surface area contributed by atoms with E-state index in [2.05, 4.69) is 15.9 Å². The minimum Gasteiger partial charge on any atom is -0.388 e. The first kappa shape index (κ1) is 13.0. The lowest BCUT2D eigenvalue weighted by molar-refractivity contribution is 0.0681. The number of aliphatic hydroxyl groups is 1. The molecule has 17 heavy (non-hydrogen) atoms. The highest BCUT2D eigenvalue weighted by atomic mass is 79.9. The van der Waals surface area contributed by atoms with E-state index < -0.39 is 21.3 Å². The predicted octanol–water partition coefficient (Wildman–Crippen LogP) is 1.68. The van der Waals surface area contributed by atoms with E-state index in [-0.39, 0.29) is 24.3 Å². The minimum absolute atomic E-state index is 0.0000145. The molecule has 3 nitrogen and oxygen atoms in total. The summed E-state index contributed by atoms with van der Waals surface area (Å²) in [7, 11) is -3.15. The molecule has 94 valence electrons. The molecule has 0 bridgehead atoms. The van der Waals surface area contributed by atoms with Gasteiger partial charge in [-0.15, -0.1) is 0 Å². The third-order valence-corrected chi connectivity index (χ3v) is 5.08. The highest BCUT2D eigenvalue weighted by Gasteiger charge is 2.40. The fraction of sp³-hybridized carbons (Fsp3) is 0.455. The van der Waals surface area contributed by atoms with Gasteiger partial charge < -0.3 is 5.11 Å². The summed E-state index contributed by atoms with van der Waals surface area (Å²) in [5, 5.41) is 10.1. The number of hydrogen-bond donors (Lipinski definition) is 1. The SMILES string of the molecule is O=S1(=O)CCC(O)(Cc2cc(F)cc(Br)c2)C1. The van der Waals surface area contributed by atoms with Crippen LogP contribution in [0.25, 0.3) is 0 Å². The van der Waals surface area contributed by atoms with Gasteiger partial charge in [0.2, 0.25) is 0 Å². The van der Waals surface area contributed by atoms with Gasteiger partial charge in [0.05, 0.1) is 17.1 Å². The van der Waals surface area contributed by atoms with Crippen LogP contribution in [0.3, 0.4) is 0 Å². The van der Waals surface area contributed by atoms with E-state index in [0.29, 0.717) is 10.0 Å². The van der Waals surface area contributed by atoms with E-state index in [1.54, 1.807) is 6.07 Å². The summed E-state index contributed by atoms with van der Waals surface area (Å²) >= 11 is 3.16. The van der Waals surface area contributed by atoms with Crippen LogP contribution in [0.2, 0.25) is 0 Å². The van der Waals surface area contributed by atoms with Crippen LogP contribution in [0.4, 0.5) is 4.39 Å². The summed E-state index contributed by atoms with van der Waals surface area (Å²) in [6.45, 7) is 0. The Balaban J connectivity index is 2.21. The molecule has 1 aromatic rings. The second-order valence-electron chi connectivity index (χ2n) is 4.52. The van der Waals surface area contributed by atoms with Crippen molar-refractivity contribution in [1.29, 1.82) is 0 Å². The highest BCUT2D eigenvalue weighted by Crippen LogP contribution is 2.28. The Labute approximate surface area is 108 Å². The molecule has 1 saturated heterocycles. The number of rotatable bonds is 2. The van der Waals surface area contributed by atoms with Gasteiger partial charge >= 0.3 is 0 Å². The molecule has 1 N–H and O–H groups in total. The van der Waals surface area contributed by atoms with E-state index in [1.807, 2.05) is 0 Å². The fourth-order valence-electron chi connectivity index (χ4n) is 2.13. The fourth-order valence-corrected chi connectivity index (χ4v) is 4.54. The van der Waals surface area contributed by atoms with Gasteiger partial charge in [-0.25, -0.2) is 12.8 Å². The molecule has 0 amide bonds.